The molecule has 0 aliphatic carbocycles. The maximum absolute atomic E-state index is 11.3. The van der Waals surface area contributed by atoms with Gasteiger partial charge in [0.05, 0.1) is 6.61 Å². The maximum Gasteiger partial charge on any atom is 0.220 e. The van der Waals surface area contributed by atoms with E-state index in [-0.39, 0.29) is 12.5 Å². The van der Waals surface area contributed by atoms with Crippen LogP contribution in [0.15, 0.2) is 24.3 Å². The molecule has 0 spiro atoms. The van der Waals surface area contributed by atoms with E-state index >= 15 is 0 Å². The molecule has 0 bridgehead atoms. The Morgan fingerprint density at radius 3 is 1.96 bits per heavy atom. The van der Waals surface area contributed by atoms with Crippen LogP contribution in [0.2, 0.25) is 0 Å². The topological polar surface area (TPSA) is 49.3 Å². The van der Waals surface area contributed by atoms with Gasteiger partial charge in [0.2, 0.25) is 5.91 Å². The van der Waals surface area contributed by atoms with Gasteiger partial charge in [-0.2, -0.15) is 0 Å². The van der Waals surface area contributed by atoms with Crippen molar-refractivity contribution in [2.45, 2.75) is 96.8 Å². The molecule has 0 aromatic carbocycles. The summed E-state index contributed by atoms with van der Waals surface area (Å²) in [5, 5.41) is 11.3. The number of hydrogen-bond acceptors (Lipinski definition) is 2. The van der Waals surface area contributed by atoms with Gasteiger partial charge in [0.15, 0.2) is 0 Å². The molecule has 0 aliphatic heterocycles. The second kappa shape index (κ2) is 21.0. The molecular weight excluding hydrogens is 310 g/mol. The number of hydrogen-bond donors (Lipinski definition) is 2. The Morgan fingerprint density at radius 2 is 1.36 bits per heavy atom. The van der Waals surface area contributed by atoms with Crippen molar-refractivity contribution in [1.82, 2.24) is 5.32 Å². The third-order valence-electron chi connectivity index (χ3n) is 4.29. The van der Waals surface area contributed by atoms with Crippen LogP contribution in [-0.4, -0.2) is 24.2 Å². The smallest absolute Gasteiger partial charge is 0.220 e. The minimum atomic E-state index is 0.0201. The van der Waals surface area contributed by atoms with Crippen molar-refractivity contribution >= 4 is 5.91 Å². The molecule has 0 heterocycles. The molecular formula is C22H41NO2. The van der Waals surface area contributed by atoms with Gasteiger partial charge in [0.25, 0.3) is 0 Å². The zero-order valence-corrected chi connectivity index (χ0v) is 16.5. The van der Waals surface area contributed by atoms with Crippen LogP contribution in [0.3, 0.4) is 0 Å². The lowest BCUT2D eigenvalue weighted by molar-refractivity contribution is -0.121. The van der Waals surface area contributed by atoms with E-state index in [1.54, 1.807) is 0 Å². The Balaban J connectivity index is 3.24. The predicted octanol–water partition coefficient (Wildman–Crippen LogP) is 5.69. The van der Waals surface area contributed by atoms with Crippen LogP contribution in [0.5, 0.6) is 0 Å². The summed E-state index contributed by atoms with van der Waals surface area (Å²) in [7, 11) is 0. The van der Waals surface area contributed by atoms with Gasteiger partial charge in [-0.25, -0.2) is 0 Å². The number of aliphatic hydroxyl groups is 1. The first-order valence-electron chi connectivity index (χ1n) is 10.5. The van der Waals surface area contributed by atoms with Gasteiger partial charge in [-0.3, -0.25) is 4.79 Å². The zero-order chi connectivity index (χ0) is 18.4. The van der Waals surface area contributed by atoms with E-state index in [1.165, 1.54) is 57.8 Å². The second-order valence-electron chi connectivity index (χ2n) is 6.76. The molecule has 3 nitrogen and oxygen atoms in total. The summed E-state index contributed by atoms with van der Waals surface area (Å²) in [6, 6.07) is 0. The highest BCUT2D eigenvalue weighted by Gasteiger charge is 1.99. The standard InChI is InChI=1S/C22H41NO2/c1-2-3-4-5-6-7-8-9-10-11-12-13-14-15-16-17-18-19-22(25)23-20-21-24/h9-10,12-13,24H,2-8,11,14-21H2,1H3,(H,23,25)/b10-9-,13-12-. The van der Waals surface area contributed by atoms with Crippen molar-refractivity contribution in [3.05, 3.63) is 24.3 Å². The summed E-state index contributed by atoms with van der Waals surface area (Å²) in [5.74, 6) is 0.0571. The Morgan fingerprint density at radius 1 is 0.800 bits per heavy atom. The largest absolute Gasteiger partial charge is 0.395 e. The molecule has 3 heteroatoms. The highest BCUT2D eigenvalue weighted by atomic mass is 16.3. The van der Waals surface area contributed by atoms with Crippen LogP contribution in [0, 0.1) is 0 Å². The first-order chi connectivity index (χ1) is 12.3. The van der Waals surface area contributed by atoms with Crippen molar-refractivity contribution in [2.75, 3.05) is 13.2 Å². The molecule has 2 N–H and O–H groups in total. The fourth-order valence-electron chi connectivity index (χ4n) is 2.73. The summed E-state index contributed by atoms with van der Waals surface area (Å²) in [6.07, 6.45) is 25.8. The van der Waals surface area contributed by atoms with E-state index in [0.717, 1.165) is 25.7 Å². The molecule has 25 heavy (non-hydrogen) atoms. The summed E-state index contributed by atoms with van der Waals surface area (Å²) >= 11 is 0. The van der Waals surface area contributed by atoms with Crippen LogP contribution in [0.25, 0.3) is 0 Å². The van der Waals surface area contributed by atoms with E-state index in [2.05, 4.69) is 36.5 Å². The number of allylic oxidation sites excluding steroid dienone is 4. The van der Waals surface area contributed by atoms with Crippen molar-refractivity contribution < 1.29 is 9.90 Å². The van der Waals surface area contributed by atoms with Crippen LogP contribution >= 0.6 is 0 Å². The maximum atomic E-state index is 11.3. The summed E-state index contributed by atoms with van der Waals surface area (Å²) in [5.41, 5.74) is 0. The normalized spacial score (nSPS) is 11.6. The number of nitrogens with one attached hydrogen (secondary N) is 1. The molecule has 0 aromatic rings. The minimum Gasteiger partial charge on any atom is -0.395 e. The lowest BCUT2D eigenvalue weighted by atomic mass is 10.1. The van der Waals surface area contributed by atoms with E-state index in [1.807, 2.05) is 0 Å². The van der Waals surface area contributed by atoms with Crippen LogP contribution < -0.4 is 5.32 Å². The summed E-state index contributed by atoms with van der Waals surface area (Å²) < 4.78 is 0. The fourth-order valence-corrected chi connectivity index (χ4v) is 2.73. The Bertz CT molecular complexity index is 337. The molecule has 0 rings (SSSR count). The highest BCUT2D eigenvalue weighted by Crippen LogP contribution is 2.08. The molecule has 0 unspecified atom stereocenters. The lowest BCUT2D eigenvalue weighted by Crippen LogP contribution is -2.25. The Kier molecular flexibility index (Phi) is 20.0. The number of carbonyl (C=O) groups is 1. The van der Waals surface area contributed by atoms with Crippen LogP contribution in [-0.2, 0) is 4.79 Å². The van der Waals surface area contributed by atoms with Crippen molar-refractivity contribution in [3.63, 3.8) is 0 Å². The van der Waals surface area contributed by atoms with E-state index in [9.17, 15) is 4.79 Å². The fraction of sp³-hybridized carbons (Fsp3) is 0.773. The lowest BCUT2D eigenvalue weighted by Gasteiger charge is -2.02. The monoisotopic (exact) mass is 351 g/mol. The first-order valence-corrected chi connectivity index (χ1v) is 10.5. The van der Waals surface area contributed by atoms with Crippen molar-refractivity contribution in [1.29, 1.82) is 0 Å². The number of amides is 1. The van der Waals surface area contributed by atoms with Gasteiger partial charge >= 0.3 is 0 Å². The number of carbonyl (C=O) groups excluding carboxylic acids is 1. The molecule has 0 atom stereocenters. The van der Waals surface area contributed by atoms with Gasteiger partial charge in [0.1, 0.15) is 0 Å². The molecule has 1 amide bonds. The molecule has 0 radical (unpaired) electrons. The predicted molar refractivity (Wildman–Crippen MR) is 109 cm³/mol. The van der Waals surface area contributed by atoms with Crippen LogP contribution in [0.4, 0.5) is 0 Å². The molecule has 0 saturated carbocycles. The Labute approximate surface area is 156 Å². The Hall–Kier alpha value is -1.09. The third kappa shape index (κ3) is 20.9. The number of aliphatic hydroxyl groups excluding tert-OH is 1. The zero-order valence-electron chi connectivity index (χ0n) is 16.5. The molecule has 0 aromatic heterocycles. The first kappa shape index (κ1) is 23.9. The average Bonchev–Trinajstić information content (AvgIpc) is 2.62. The van der Waals surface area contributed by atoms with Crippen molar-refractivity contribution in [3.8, 4) is 0 Å². The van der Waals surface area contributed by atoms with E-state index in [4.69, 9.17) is 5.11 Å². The van der Waals surface area contributed by atoms with E-state index < -0.39 is 0 Å². The summed E-state index contributed by atoms with van der Waals surface area (Å²) in [4.78, 5) is 11.3. The van der Waals surface area contributed by atoms with Gasteiger partial charge in [-0.15, -0.1) is 0 Å². The SMILES string of the molecule is CCCCCCCC/C=C\C/C=C\CCCCCCC(=O)NCCO. The van der Waals surface area contributed by atoms with Gasteiger partial charge in [0, 0.05) is 13.0 Å². The van der Waals surface area contributed by atoms with Gasteiger partial charge in [-0.05, 0) is 38.5 Å². The average molecular weight is 352 g/mol. The summed E-state index contributed by atoms with van der Waals surface area (Å²) in [6.45, 7) is 2.65. The van der Waals surface area contributed by atoms with Crippen molar-refractivity contribution in [2.24, 2.45) is 0 Å². The quantitative estimate of drug-likeness (QED) is 0.246. The highest BCUT2D eigenvalue weighted by molar-refractivity contribution is 5.75. The third-order valence-corrected chi connectivity index (χ3v) is 4.29. The minimum absolute atomic E-state index is 0.0201. The molecule has 0 saturated heterocycles. The van der Waals surface area contributed by atoms with E-state index in [0.29, 0.717) is 13.0 Å². The second-order valence-corrected chi connectivity index (χ2v) is 6.76. The number of unbranched alkanes of at least 4 members (excludes halogenated alkanes) is 10. The molecule has 0 aliphatic rings. The van der Waals surface area contributed by atoms with Crippen LogP contribution in [0.1, 0.15) is 96.8 Å². The van der Waals surface area contributed by atoms with Gasteiger partial charge in [-0.1, -0.05) is 76.2 Å². The molecule has 0 fully saturated rings. The number of rotatable bonds is 18. The van der Waals surface area contributed by atoms with Gasteiger partial charge < -0.3 is 10.4 Å². The molecule has 146 valence electrons.